The van der Waals surface area contributed by atoms with Crippen molar-refractivity contribution in [2.75, 3.05) is 5.32 Å². The van der Waals surface area contributed by atoms with Crippen molar-refractivity contribution in [1.82, 2.24) is 0 Å². The Labute approximate surface area is 92.4 Å². The first-order valence-corrected chi connectivity index (χ1v) is 4.80. The Bertz CT molecular complexity index is 418. The lowest BCUT2D eigenvalue weighted by atomic mass is 10.2. The molecule has 1 aromatic rings. The molecule has 5 heteroatoms. The molecule has 0 aromatic heterocycles. The third-order valence-electron chi connectivity index (χ3n) is 1.79. The van der Waals surface area contributed by atoms with E-state index in [2.05, 4.69) is 5.32 Å². The van der Waals surface area contributed by atoms with Crippen molar-refractivity contribution in [1.29, 1.82) is 0 Å². The molecule has 0 heterocycles. The molecule has 16 heavy (non-hydrogen) atoms. The van der Waals surface area contributed by atoms with Crippen LogP contribution in [0.5, 0.6) is 5.75 Å². The van der Waals surface area contributed by atoms with Gasteiger partial charge < -0.3 is 10.1 Å². The van der Waals surface area contributed by atoms with Crippen molar-refractivity contribution >= 4 is 17.6 Å². The largest absolute Gasteiger partial charge is 0.427 e. The van der Waals surface area contributed by atoms with Crippen LogP contribution in [0.1, 0.15) is 20.3 Å². The summed E-state index contributed by atoms with van der Waals surface area (Å²) in [5.74, 6) is -1.18. The summed E-state index contributed by atoms with van der Waals surface area (Å²) in [5.41, 5.74) is 0.00519. The highest BCUT2D eigenvalue weighted by Gasteiger charge is 2.08. The number of rotatable bonds is 3. The van der Waals surface area contributed by atoms with E-state index < -0.39 is 11.8 Å². The number of benzene rings is 1. The lowest BCUT2D eigenvalue weighted by Gasteiger charge is -2.07. The van der Waals surface area contributed by atoms with Crippen LogP contribution in [0.15, 0.2) is 18.2 Å². The van der Waals surface area contributed by atoms with Crippen LogP contribution in [-0.4, -0.2) is 11.9 Å². The second-order valence-corrected chi connectivity index (χ2v) is 3.14. The van der Waals surface area contributed by atoms with Crippen molar-refractivity contribution in [3.8, 4) is 5.75 Å². The molecule has 0 fully saturated rings. The number of halogens is 1. The first-order valence-electron chi connectivity index (χ1n) is 4.80. The van der Waals surface area contributed by atoms with Crippen LogP contribution in [-0.2, 0) is 9.59 Å². The molecular weight excluding hydrogens is 213 g/mol. The zero-order valence-electron chi connectivity index (χ0n) is 9.04. The third kappa shape index (κ3) is 3.34. The lowest BCUT2D eigenvalue weighted by molar-refractivity contribution is -0.131. The second-order valence-electron chi connectivity index (χ2n) is 3.14. The minimum Gasteiger partial charge on any atom is -0.427 e. The molecule has 0 saturated carbocycles. The Balaban J connectivity index is 2.90. The summed E-state index contributed by atoms with van der Waals surface area (Å²) in [7, 11) is 0. The molecule has 86 valence electrons. The van der Waals surface area contributed by atoms with Gasteiger partial charge in [0.25, 0.3) is 0 Å². The summed E-state index contributed by atoms with van der Waals surface area (Å²) < 4.78 is 18.0. The van der Waals surface area contributed by atoms with Gasteiger partial charge in [0.2, 0.25) is 5.91 Å². The zero-order chi connectivity index (χ0) is 12.1. The molecule has 1 N–H and O–H groups in total. The maximum Gasteiger partial charge on any atom is 0.308 e. The first-order chi connectivity index (χ1) is 7.52. The van der Waals surface area contributed by atoms with Gasteiger partial charge in [-0.15, -0.1) is 0 Å². The van der Waals surface area contributed by atoms with Crippen LogP contribution in [0.4, 0.5) is 10.1 Å². The molecular formula is C11H12FNO3. The first kappa shape index (κ1) is 12.2. The van der Waals surface area contributed by atoms with Gasteiger partial charge in [-0.2, -0.15) is 0 Å². The molecule has 0 aliphatic rings. The Kier molecular flexibility index (Phi) is 3.99. The van der Waals surface area contributed by atoms with E-state index in [1.807, 2.05) is 0 Å². The Morgan fingerprint density at radius 3 is 2.69 bits per heavy atom. The average molecular weight is 225 g/mol. The maximum absolute atomic E-state index is 13.2. The SMILES string of the molecule is CCC(=O)Nc1cc(OC(C)=O)ccc1F. The van der Waals surface area contributed by atoms with Crippen molar-refractivity contribution in [2.24, 2.45) is 0 Å². The Hall–Kier alpha value is -1.91. The van der Waals surface area contributed by atoms with E-state index in [9.17, 15) is 14.0 Å². The van der Waals surface area contributed by atoms with Crippen LogP contribution >= 0.6 is 0 Å². The quantitative estimate of drug-likeness (QED) is 0.633. The number of anilines is 1. The molecule has 1 aromatic carbocycles. The minimum absolute atomic E-state index is 0.00519. The van der Waals surface area contributed by atoms with E-state index >= 15 is 0 Å². The van der Waals surface area contributed by atoms with Crippen molar-refractivity contribution in [3.63, 3.8) is 0 Å². The van der Waals surface area contributed by atoms with Gasteiger partial charge in [0.1, 0.15) is 11.6 Å². The smallest absolute Gasteiger partial charge is 0.308 e. The fraction of sp³-hybridized carbons (Fsp3) is 0.273. The molecule has 0 saturated heterocycles. The van der Waals surface area contributed by atoms with Gasteiger partial charge in [0, 0.05) is 19.4 Å². The molecule has 0 atom stereocenters. The average Bonchev–Trinajstić information content (AvgIpc) is 2.22. The number of hydrogen-bond acceptors (Lipinski definition) is 3. The highest BCUT2D eigenvalue weighted by molar-refractivity contribution is 5.90. The number of nitrogens with one attached hydrogen (secondary N) is 1. The van der Waals surface area contributed by atoms with Crippen LogP contribution in [0.2, 0.25) is 0 Å². The number of amides is 1. The molecule has 0 aliphatic heterocycles. The summed E-state index contributed by atoms with van der Waals surface area (Å²) in [4.78, 5) is 21.8. The summed E-state index contributed by atoms with van der Waals surface area (Å²) in [5, 5.41) is 2.37. The van der Waals surface area contributed by atoms with Gasteiger partial charge >= 0.3 is 5.97 Å². The van der Waals surface area contributed by atoms with Gasteiger partial charge in [-0.25, -0.2) is 4.39 Å². The van der Waals surface area contributed by atoms with E-state index in [1.165, 1.54) is 19.1 Å². The van der Waals surface area contributed by atoms with Crippen molar-refractivity contribution < 1.29 is 18.7 Å². The fourth-order valence-corrected chi connectivity index (χ4v) is 1.07. The van der Waals surface area contributed by atoms with Crippen molar-refractivity contribution in [2.45, 2.75) is 20.3 Å². The number of carbonyl (C=O) groups excluding carboxylic acids is 2. The minimum atomic E-state index is -0.572. The number of esters is 1. The zero-order valence-corrected chi connectivity index (χ0v) is 9.04. The summed E-state index contributed by atoms with van der Waals surface area (Å²) >= 11 is 0. The molecule has 1 rings (SSSR count). The summed E-state index contributed by atoms with van der Waals surface area (Å²) in [6.07, 6.45) is 0.247. The predicted molar refractivity (Wildman–Crippen MR) is 56.6 cm³/mol. The molecule has 0 unspecified atom stereocenters. The molecule has 0 aliphatic carbocycles. The monoisotopic (exact) mass is 225 g/mol. The summed E-state index contributed by atoms with van der Waals surface area (Å²) in [6, 6.07) is 3.71. The number of hydrogen-bond donors (Lipinski definition) is 1. The predicted octanol–water partition coefficient (Wildman–Crippen LogP) is 2.10. The van der Waals surface area contributed by atoms with E-state index in [0.717, 1.165) is 6.07 Å². The molecule has 1 amide bonds. The summed E-state index contributed by atoms with van der Waals surface area (Å²) in [6.45, 7) is 2.90. The second kappa shape index (κ2) is 5.25. The van der Waals surface area contributed by atoms with E-state index in [-0.39, 0.29) is 23.8 Å². The molecule has 4 nitrogen and oxygen atoms in total. The van der Waals surface area contributed by atoms with Crippen LogP contribution in [0.25, 0.3) is 0 Å². The molecule has 0 radical (unpaired) electrons. The van der Waals surface area contributed by atoms with Gasteiger partial charge in [0.15, 0.2) is 0 Å². The van der Waals surface area contributed by atoms with E-state index in [4.69, 9.17) is 4.74 Å². The number of ether oxygens (including phenoxy) is 1. The van der Waals surface area contributed by atoms with E-state index in [1.54, 1.807) is 6.92 Å². The highest BCUT2D eigenvalue weighted by atomic mass is 19.1. The third-order valence-corrected chi connectivity index (χ3v) is 1.79. The molecule has 0 bridgehead atoms. The van der Waals surface area contributed by atoms with Gasteiger partial charge in [-0.05, 0) is 12.1 Å². The number of carbonyl (C=O) groups is 2. The van der Waals surface area contributed by atoms with Crippen LogP contribution < -0.4 is 10.1 Å². The van der Waals surface area contributed by atoms with Crippen molar-refractivity contribution in [3.05, 3.63) is 24.0 Å². The topological polar surface area (TPSA) is 55.4 Å². The van der Waals surface area contributed by atoms with Gasteiger partial charge in [0.05, 0.1) is 5.69 Å². The van der Waals surface area contributed by atoms with E-state index in [0.29, 0.717) is 0 Å². The molecule has 0 spiro atoms. The van der Waals surface area contributed by atoms with Gasteiger partial charge in [-0.1, -0.05) is 6.92 Å². The van der Waals surface area contributed by atoms with Crippen LogP contribution in [0.3, 0.4) is 0 Å². The lowest BCUT2D eigenvalue weighted by Crippen LogP contribution is -2.11. The highest BCUT2D eigenvalue weighted by Crippen LogP contribution is 2.21. The Morgan fingerprint density at radius 2 is 2.12 bits per heavy atom. The van der Waals surface area contributed by atoms with Gasteiger partial charge in [-0.3, -0.25) is 9.59 Å². The normalized spacial score (nSPS) is 9.69. The fourth-order valence-electron chi connectivity index (χ4n) is 1.07. The van der Waals surface area contributed by atoms with Crippen LogP contribution in [0, 0.1) is 5.82 Å². The maximum atomic E-state index is 13.2. The Morgan fingerprint density at radius 1 is 1.44 bits per heavy atom. The standard InChI is InChI=1S/C11H12FNO3/c1-3-11(15)13-10-6-8(16-7(2)14)4-5-9(10)12/h4-6H,3H2,1-2H3,(H,13,15).